The Hall–Kier alpha value is -0.280. The quantitative estimate of drug-likeness (QED) is 0.442. The molecule has 0 N–H and O–H groups in total. The maximum absolute atomic E-state index is 11.0. The van der Waals surface area contributed by atoms with E-state index in [0.29, 0.717) is 0 Å². The lowest BCUT2D eigenvalue weighted by atomic mass is 9.54. The Bertz CT molecular complexity index is 281. The fourth-order valence-corrected chi connectivity index (χ4v) is 4.54. The van der Waals surface area contributed by atoms with Crippen molar-refractivity contribution >= 4 is 17.6 Å². The van der Waals surface area contributed by atoms with Crippen LogP contribution in [0.3, 0.4) is 0 Å². The van der Waals surface area contributed by atoms with Gasteiger partial charge in [0.15, 0.2) is 6.79 Å². The van der Waals surface area contributed by atoms with Crippen molar-refractivity contribution in [2.75, 3.05) is 12.7 Å². The van der Waals surface area contributed by atoms with Crippen molar-refractivity contribution in [3.8, 4) is 0 Å². The smallest absolute Gasteiger partial charge is 0.322 e. The molecule has 4 fully saturated rings. The maximum Gasteiger partial charge on any atom is 0.322 e. The van der Waals surface area contributed by atoms with Crippen LogP contribution in [0.25, 0.3) is 0 Å². The fourth-order valence-electron chi connectivity index (χ4n) is 4.47. The lowest BCUT2D eigenvalue weighted by molar-refractivity contribution is -0.209. The van der Waals surface area contributed by atoms with Crippen molar-refractivity contribution in [2.45, 2.75) is 44.1 Å². The standard InChI is InChI=1S/C13H19ClO3/c14-7-12(15)16-8-17-13-4-9-1-10(5-13)3-11(2-9)6-13/h9-11H,1-8H2. The van der Waals surface area contributed by atoms with Crippen LogP contribution in [0.1, 0.15) is 38.5 Å². The summed E-state index contributed by atoms with van der Waals surface area (Å²) < 4.78 is 10.9. The monoisotopic (exact) mass is 258 g/mol. The van der Waals surface area contributed by atoms with Crippen molar-refractivity contribution < 1.29 is 14.3 Å². The van der Waals surface area contributed by atoms with Crippen molar-refractivity contribution in [2.24, 2.45) is 17.8 Å². The van der Waals surface area contributed by atoms with E-state index in [-0.39, 0.29) is 18.3 Å². The Morgan fingerprint density at radius 1 is 1.12 bits per heavy atom. The van der Waals surface area contributed by atoms with Gasteiger partial charge < -0.3 is 9.47 Å². The van der Waals surface area contributed by atoms with E-state index >= 15 is 0 Å². The zero-order valence-corrected chi connectivity index (χ0v) is 10.7. The Morgan fingerprint density at radius 2 is 1.65 bits per heavy atom. The predicted octanol–water partition coefficient (Wildman–Crippen LogP) is 2.71. The zero-order chi connectivity index (χ0) is 11.9. The normalized spacial score (nSPS) is 42.8. The zero-order valence-electron chi connectivity index (χ0n) is 9.99. The Labute approximate surface area is 107 Å². The van der Waals surface area contributed by atoms with E-state index in [4.69, 9.17) is 21.1 Å². The first-order valence-corrected chi connectivity index (χ1v) is 7.08. The first kappa shape index (κ1) is 11.8. The van der Waals surface area contributed by atoms with Crippen molar-refractivity contribution in [1.29, 1.82) is 0 Å². The molecule has 0 aliphatic heterocycles. The predicted molar refractivity (Wildman–Crippen MR) is 63.7 cm³/mol. The molecule has 0 radical (unpaired) electrons. The van der Waals surface area contributed by atoms with Gasteiger partial charge in [0, 0.05) is 0 Å². The average molecular weight is 259 g/mol. The molecule has 4 saturated carbocycles. The van der Waals surface area contributed by atoms with Crippen LogP contribution in [-0.4, -0.2) is 24.2 Å². The summed E-state index contributed by atoms with van der Waals surface area (Å²) in [6.45, 7) is 0.0811. The van der Waals surface area contributed by atoms with Crippen LogP contribution in [-0.2, 0) is 14.3 Å². The number of esters is 1. The summed E-state index contributed by atoms with van der Waals surface area (Å²) in [6, 6.07) is 0. The van der Waals surface area contributed by atoms with Crippen LogP contribution >= 0.6 is 11.6 Å². The largest absolute Gasteiger partial charge is 0.438 e. The molecule has 4 bridgehead atoms. The number of rotatable bonds is 4. The first-order chi connectivity index (χ1) is 8.19. The third kappa shape index (κ3) is 2.32. The second-order valence-corrected chi connectivity index (χ2v) is 6.28. The summed E-state index contributed by atoms with van der Waals surface area (Å²) in [4.78, 5) is 11.0. The third-order valence-electron chi connectivity index (χ3n) is 4.68. The number of hydrogen-bond acceptors (Lipinski definition) is 3. The first-order valence-electron chi connectivity index (χ1n) is 6.55. The number of ether oxygens (including phenoxy) is 2. The lowest BCUT2D eigenvalue weighted by Gasteiger charge is -2.56. The molecule has 4 heteroatoms. The molecule has 0 atom stereocenters. The van der Waals surface area contributed by atoms with E-state index in [9.17, 15) is 4.79 Å². The average Bonchev–Trinajstić information content (AvgIpc) is 2.26. The summed E-state index contributed by atoms with van der Waals surface area (Å²) in [5.41, 5.74) is 0.0152. The van der Waals surface area contributed by atoms with Crippen LogP contribution in [0.15, 0.2) is 0 Å². The molecule has 96 valence electrons. The highest BCUT2D eigenvalue weighted by atomic mass is 35.5. The van der Waals surface area contributed by atoms with E-state index in [0.717, 1.165) is 17.8 Å². The minimum Gasteiger partial charge on any atom is -0.438 e. The Morgan fingerprint density at radius 3 is 2.12 bits per heavy atom. The summed E-state index contributed by atoms with van der Waals surface area (Å²) in [7, 11) is 0. The highest BCUT2D eigenvalue weighted by Crippen LogP contribution is 2.57. The van der Waals surface area contributed by atoms with Gasteiger partial charge in [-0.25, -0.2) is 0 Å². The molecule has 4 rings (SSSR count). The number of carbonyl (C=O) groups excluding carboxylic acids is 1. The summed E-state index contributed by atoms with van der Waals surface area (Å²) in [6.07, 6.45) is 7.67. The molecular weight excluding hydrogens is 240 g/mol. The molecule has 0 unspecified atom stereocenters. The van der Waals surface area contributed by atoms with Gasteiger partial charge in [-0.15, -0.1) is 11.6 Å². The molecule has 0 heterocycles. The third-order valence-corrected chi connectivity index (χ3v) is 4.89. The van der Waals surface area contributed by atoms with E-state index in [1.165, 1.54) is 38.5 Å². The highest BCUT2D eigenvalue weighted by Gasteiger charge is 2.51. The molecule has 0 aromatic carbocycles. The van der Waals surface area contributed by atoms with Gasteiger partial charge in [0.25, 0.3) is 0 Å². The minimum absolute atomic E-state index is 0.0152. The molecule has 17 heavy (non-hydrogen) atoms. The Balaban J connectivity index is 1.57. The molecule has 0 spiro atoms. The van der Waals surface area contributed by atoms with Gasteiger partial charge in [-0.05, 0) is 56.3 Å². The van der Waals surface area contributed by atoms with Crippen LogP contribution in [0.5, 0.6) is 0 Å². The number of halogens is 1. The molecule has 4 aliphatic carbocycles. The van der Waals surface area contributed by atoms with Gasteiger partial charge >= 0.3 is 5.97 Å². The molecular formula is C13H19ClO3. The van der Waals surface area contributed by atoms with Gasteiger partial charge in [0.05, 0.1) is 5.60 Å². The molecule has 4 aliphatic rings. The van der Waals surface area contributed by atoms with Crippen molar-refractivity contribution in [3.05, 3.63) is 0 Å². The summed E-state index contributed by atoms with van der Waals surface area (Å²) in [5, 5.41) is 0. The SMILES string of the molecule is O=C(CCl)OCOC12CC3CC(CC(C3)C1)C2. The Kier molecular flexibility index (Phi) is 3.07. The van der Waals surface area contributed by atoms with Crippen LogP contribution in [0.2, 0.25) is 0 Å². The van der Waals surface area contributed by atoms with Gasteiger partial charge in [-0.2, -0.15) is 0 Å². The van der Waals surface area contributed by atoms with Crippen molar-refractivity contribution in [1.82, 2.24) is 0 Å². The molecule has 0 aromatic heterocycles. The number of alkyl halides is 1. The van der Waals surface area contributed by atoms with E-state index < -0.39 is 5.97 Å². The van der Waals surface area contributed by atoms with E-state index in [1.807, 2.05) is 0 Å². The van der Waals surface area contributed by atoms with Crippen LogP contribution < -0.4 is 0 Å². The van der Waals surface area contributed by atoms with Crippen LogP contribution in [0, 0.1) is 17.8 Å². The van der Waals surface area contributed by atoms with Gasteiger partial charge in [-0.3, -0.25) is 4.79 Å². The second kappa shape index (κ2) is 4.43. The van der Waals surface area contributed by atoms with Gasteiger partial charge in [-0.1, -0.05) is 0 Å². The van der Waals surface area contributed by atoms with Crippen molar-refractivity contribution in [3.63, 3.8) is 0 Å². The van der Waals surface area contributed by atoms with E-state index in [1.54, 1.807) is 0 Å². The van der Waals surface area contributed by atoms with Gasteiger partial charge in [0.2, 0.25) is 0 Å². The highest BCUT2D eigenvalue weighted by molar-refractivity contribution is 6.26. The fraction of sp³-hybridized carbons (Fsp3) is 0.923. The molecule has 3 nitrogen and oxygen atoms in total. The topological polar surface area (TPSA) is 35.5 Å². The number of carbonyl (C=O) groups is 1. The molecule has 0 saturated heterocycles. The lowest BCUT2D eigenvalue weighted by Crippen LogP contribution is -2.52. The molecule has 0 amide bonds. The second-order valence-electron chi connectivity index (χ2n) is 6.01. The maximum atomic E-state index is 11.0. The van der Waals surface area contributed by atoms with Crippen LogP contribution in [0.4, 0.5) is 0 Å². The van der Waals surface area contributed by atoms with E-state index in [2.05, 4.69) is 0 Å². The van der Waals surface area contributed by atoms with Gasteiger partial charge in [0.1, 0.15) is 5.88 Å². The summed E-state index contributed by atoms with van der Waals surface area (Å²) in [5.74, 6) is 2.07. The number of hydrogen-bond donors (Lipinski definition) is 0. The summed E-state index contributed by atoms with van der Waals surface area (Å²) >= 11 is 5.38. The minimum atomic E-state index is -0.392. The molecule has 0 aromatic rings.